The minimum Gasteiger partial charge on any atom is -0.481 e. The van der Waals surface area contributed by atoms with E-state index in [1.54, 1.807) is 81.9 Å². The molecule has 0 fully saturated rings. The number of ketones is 2. The van der Waals surface area contributed by atoms with E-state index in [0.717, 1.165) is 101 Å². The van der Waals surface area contributed by atoms with Gasteiger partial charge in [-0.2, -0.15) is 0 Å². The molecule has 3 aromatic heterocycles. The molecule has 7 heterocycles. The van der Waals surface area contributed by atoms with Crippen LogP contribution < -0.4 is 76.4 Å². The Kier molecular flexibility index (Phi) is 41.3. The maximum absolute atomic E-state index is 13.7. The summed E-state index contributed by atoms with van der Waals surface area (Å²) in [5.74, 6) is -8.49. The highest BCUT2D eigenvalue weighted by atomic mass is 16.6. The van der Waals surface area contributed by atoms with Gasteiger partial charge in [0.15, 0.2) is 22.9 Å². The van der Waals surface area contributed by atoms with Crippen LogP contribution in [0.4, 0.5) is 45.5 Å². The number of aromatic nitrogens is 3. The fourth-order valence-corrected chi connectivity index (χ4v) is 19.0. The normalized spacial score (nSPS) is 16.3. The standard InChI is InChI=1S/C32H43N5O6.C32H41N5O6.C28H33N5O6.C15H21N3O3.4CH4/c2*1-17-11-20(4)29-22(12-17)35-30(42-29)28(40)21(14-26(39)43-32(5,6)7)34-25(38)16-37-27-19(3)10-18(2)13-24(27)36(9)15-23(33-8)31(37)41;1-14-8-17(4)26-19(9-14)31-27(39-26)25(37)18(11-23(35)36)30-22(34)13-33-24-16(3)7-15(2)10-21(24)32(6)12-20(29-5)28(33)38;1-9-5-10(2)14-12(6-9)17(4)7-11(16-3)15(21)18(14)8-13(19)20;;;;/h10-13,21,23,28,33,40H,14-16H2,1-9H3,(H,34,38);10-13,21,23,33H,14-16H2,1-9H3,(H,34,38);7-10,18,20,29H,11-13H2,1-6H3,(H,30,34)(H,35,36);5-6,11,16H,7-8H2,1-4H3,(H,19,20);4*1H4/t21-,23-,28?;21-,23-;18-,20-;11-;;;;/m0000..../s1. The minimum atomic E-state index is -1.46. The van der Waals surface area contributed by atoms with Crippen LogP contribution in [0.5, 0.6) is 0 Å². The van der Waals surface area contributed by atoms with Gasteiger partial charge in [-0.3, -0.25) is 81.9 Å². The third-order valence-electron chi connectivity index (χ3n) is 25.3. The number of fused-ring (bicyclic) bond motifs is 7. The Morgan fingerprint density at radius 2 is 0.620 bits per heavy atom. The number of anilines is 8. The van der Waals surface area contributed by atoms with Gasteiger partial charge in [0.1, 0.15) is 90.2 Å². The van der Waals surface area contributed by atoms with Crippen LogP contribution in [0.15, 0.2) is 98.2 Å². The van der Waals surface area contributed by atoms with Crippen LogP contribution >= 0.6 is 0 Å². The number of aliphatic carboxylic acids is 2. The number of rotatable bonds is 27. The molecule has 0 bridgehead atoms. The summed E-state index contributed by atoms with van der Waals surface area (Å²) < 4.78 is 28.4. The van der Waals surface area contributed by atoms with Gasteiger partial charge in [-0.05, 0) is 287 Å². The molecule has 4 aliphatic rings. The Labute approximate surface area is 879 Å². The molecule has 814 valence electrons. The Balaban J connectivity index is 0.000000275. The van der Waals surface area contributed by atoms with Crippen LogP contribution in [0.1, 0.15) is 202 Å². The molecule has 0 saturated heterocycles. The van der Waals surface area contributed by atoms with Crippen LogP contribution in [0, 0.1) is 96.9 Å². The van der Waals surface area contributed by atoms with Crippen LogP contribution in [0.25, 0.3) is 33.3 Å². The van der Waals surface area contributed by atoms with Crippen LogP contribution in [-0.2, 0) is 62.2 Å². The van der Waals surface area contributed by atoms with Crippen molar-refractivity contribution in [1.82, 2.24) is 52.2 Å². The minimum absolute atomic E-state index is 0. The summed E-state index contributed by atoms with van der Waals surface area (Å²) in [6.07, 6.45) is -2.92. The smallest absolute Gasteiger partial charge is 0.323 e. The quantitative estimate of drug-likeness (QED) is 0.0169. The molecule has 14 rings (SSSR count). The molecule has 10 N–H and O–H groups in total. The lowest BCUT2D eigenvalue weighted by molar-refractivity contribution is -0.157. The van der Waals surface area contributed by atoms with Crippen LogP contribution in [0.3, 0.4) is 0 Å². The Morgan fingerprint density at radius 3 is 0.907 bits per heavy atom. The van der Waals surface area contributed by atoms with Gasteiger partial charge in [0.05, 0.1) is 70.8 Å². The lowest BCUT2D eigenvalue weighted by Gasteiger charge is -2.29. The zero-order valence-corrected chi connectivity index (χ0v) is 88.6. The molecule has 7 aromatic carbocycles. The highest BCUT2D eigenvalue weighted by molar-refractivity contribution is 6.11. The van der Waals surface area contributed by atoms with Crippen molar-refractivity contribution in [3.05, 3.63) is 180 Å². The maximum atomic E-state index is 13.7. The molecular weight excluding hydrogens is 1920 g/mol. The van der Waals surface area contributed by atoms with E-state index in [9.17, 15) is 72.5 Å². The number of nitrogens with zero attached hydrogens (tertiary/aromatic N) is 11. The topological polar surface area (TPSA) is 489 Å². The second kappa shape index (κ2) is 50.6. The zero-order chi connectivity index (χ0) is 108. The van der Waals surface area contributed by atoms with E-state index in [-0.39, 0.29) is 97.1 Å². The second-order valence-corrected chi connectivity index (χ2v) is 40.4. The molecular formula is C111H154N18O21. The number of ether oxygens (including phenoxy) is 2. The van der Waals surface area contributed by atoms with Gasteiger partial charge in [0.25, 0.3) is 11.8 Å². The van der Waals surface area contributed by atoms with Gasteiger partial charge >= 0.3 is 23.9 Å². The molecule has 1 unspecified atom stereocenters. The van der Waals surface area contributed by atoms with E-state index in [2.05, 4.69) is 52.2 Å². The first-order chi connectivity index (χ1) is 68.4. The summed E-state index contributed by atoms with van der Waals surface area (Å²) in [6.45, 7) is 37.4. The number of carboxylic acid groups (broad SMARTS) is 2. The first kappa shape index (κ1) is 122. The van der Waals surface area contributed by atoms with Gasteiger partial charge in [-0.15, -0.1) is 0 Å². The molecule has 10 aromatic rings. The van der Waals surface area contributed by atoms with E-state index >= 15 is 0 Å². The van der Waals surface area contributed by atoms with Crippen molar-refractivity contribution >= 4 is 156 Å². The van der Waals surface area contributed by atoms with Crippen molar-refractivity contribution in [3.8, 4) is 0 Å². The van der Waals surface area contributed by atoms with E-state index in [1.807, 2.05) is 218 Å². The number of aryl methyl sites for hydroxylation is 14. The number of carboxylic acids is 2. The Morgan fingerprint density at radius 1 is 0.360 bits per heavy atom. The van der Waals surface area contributed by atoms with Crippen LogP contribution in [0.2, 0.25) is 0 Å². The van der Waals surface area contributed by atoms with Gasteiger partial charge in [-0.25, -0.2) is 15.0 Å². The van der Waals surface area contributed by atoms with Crippen molar-refractivity contribution < 1.29 is 100 Å². The number of carbonyl (C=O) groups is 13. The van der Waals surface area contributed by atoms with E-state index in [1.165, 1.54) is 19.6 Å². The monoisotopic (exact) mass is 2080 g/mol. The SMILES string of the molecule is C.C.C.C.CN[C@H]1CN(C)c2cc(C)cc(C)c2N(CC(=O)N[C@@H](CC(=O)O)C(=O)c2nc3cc(C)cc(C)c3o2)C1=O.CN[C@H]1CN(C)c2cc(C)cc(C)c2N(CC(=O)N[C@@H](CC(=O)OC(C)(C)C)C(=O)c2nc3cc(C)cc(C)c3o2)C1=O.CN[C@H]1CN(C)c2cc(C)cc(C)c2N(CC(=O)N[C@@H](CC(=O)OC(C)(C)C)C(O)c2nc3cc(C)cc(C)c3o2)C1=O.CN[C@H]1CN(C)c2cc(C)cc(C)c2N(CC(=O)O)C1=O. The fourth-order valence-electron chi connectivity index (χ4n) is 19.0. The number of carbonyl (C=O) groups excluding carboxylic acids is 11. The summed E-state index contributed by atoms with van der Waals surface area (Å²) in [5, 5.41) is 50.1. The number of hydrogen-bond donors (Lipinski definition) is 10. The first-order valence-electron chi connectivity index (χ1n) is 48.3. The molecule has 0 aliphatic carbocycles. The largest absolute Gasteiger partial charge is 0.481 e. The molecule has 0 radical (unpaired) electrons. The maximum Gasteiger partial charge on any atom is 0.323 e. The third kappa shape index (κ3) is 29.1. The van der Waals surface area contributed by atoms with Crippen molar-refractivity contribution in [3.63, 3.8) is 0 Å². The average Bonchev–Trinajstić information content (AvgIpc) is 1.59. The molecule has 0 saturated carbocycles. The van der Waals surface area contributed by atoms with Crippen molar-refractivity contribution in [2.75, 3.05) is 148 Å². The van der Waals surface area contributed by atoms with E-state index < -0.39 is 132 Å². The molecule has 39 heteroatoms. The predicted octanol–water partition coefficient (Wildman–Crippen LogP) is 12.5. The third-order valence-corrected chi connectivity index (χ3v) is 25.3. The average molecular weight is 2080 g/mol. The first-order valence-corrected chi connectivity index (χ1v) is 48.3. The lowest BCUT2D eigenvalue weighted by atomic mass is 10.1. The zero-order valence-electron chi connectivity index (χ0n) is 88.6. The van der Waals surface area contributed by atoms with Gasteiger partial charge < -0.3 is 94.9 Å². The molecule has 8 atom stereocenters. The van der Waals surface area contributed by atoms with Crippen molar-refractivity contribution in [1.29, 1.82) is 0 Å². The van der Waals surface area contributed by atoms with Crippen molar-refractivity contribution in [2.45, 2.75) is 247 Å². The number of nitrogens with one attached hydrogen (secondary N) is 7. The Bertz CT molecular complexity index is 6730. The molecule has 4 aliphatic heterocycles. The highest BCUT2D eigenvalue weighted by Gasteiger charge is 2.43. The number of Topliss-reactive ketones (excluding diaryl/α,β-unsaturated/α-hetero) is 2. The predicted molar refractivity (Wildman–Crippen MR) is 585 cm³/mol. The van der Waals surface area contributed by atoms with Gasteiger partial charge in [-0.1, -0.05) is 72.2 Å². The summed E-state index contributed by atoms with van der Waals surface area (Å²) in [5.41, 5.74) is 20.1. The number of amides is 7. The second-order valence-electron chi connectivity index (χ2n) is 40.4. The Hall–Kier alpha value is -14.5. The molecule has 7 amide bonds. The fraction of sp³-hybridized carbons (Fsp3) is 0.477. The van der Waals surface area contributed by atoms with E-state index in [0.29, 0.717) is 82.2 Å². The molecule has 150 heavy (non-hydrogen) atoms. The number of oxazole rings is 3. The highest BCUT2D eigenvalue weighted by Crippen LogP contribution is 2.42. The molecule has 0 spiro atoms. The number of aliphatic hydroxyl groups excluding tert-OH is 1. The van der Waals surface area contributed by atoms with Gasteiger partial charge in [0, 0.05) is 54.4 Å². The summed E-state index contributed by atoms with van der Waals surface area (Å²) >= 11 is 0. The van der Waals surface area contributed by atoms with E-state index in [4.69, 9.17) is 27.8 Å². The number of esters is 2. The summed E-state index contributed by atoms with van der Waals surface area (Å²) in [6, 6.07) is 20.8. The number of benzene rings is 7. The number of hydrogen-bond acceptors (Lipinski definition) is 30. The lowest BCUT2D eigenvalue weighted by Crippen LogP contribution is -2.52. The summed E-state index contributed by atoms with van der Waals surface area (Å²) in [4.78, 5) is 196. The van der Waals surface area contributed by atoms with Crippen molar-refractivity contribution in [2.24, 2.45) is 0 Å². The van der Waals surface area contributed by atoms with Gasteiger partial charge in [0.2, 0.25) is 58.8 Å². The molecule has 39 nitrogen and oxygen atoms in total. The summed E-state index contributed by atoms with van der Waals surface area (Å²) in [7, 11) is 14.4. The number of likely N-dealkylation sites (N-methyl/N-ethyl adjacent to an activating group) is 8. The number of aliphatic hydroxyl groups is 1. The van der Waals surface area contributed by atoms with Crippen LogP contribution in [-0.4, -0.2) is 269 Å².